The van der Waals surface area contributed by atoms with Gasteiger partial charge in [0.05, 0.1) is 17.0 Å². The number of ether oxygens (including phenoxy) is 1. The van der Waals surface area contributed by atoms with Crippen molar-refractivity contribution in [2.24, 2.45) is 0 Å². The third kappa shape index (κ3) is 2.47. The highest BCUT2D eigenvalue weighted by Gasteiger charge is 2.35. The largest absolute Gasteiger partial charge is 0.504 e. The van der Waals surface area contributed by atoms with Gasteiger partial charge in [0.1, 0.15) is 4.88 Å². The Kier molecular flexibility index (Phi) is 3.83. The third-order valence-corrected chi connectivity index (χ3v) is 4.57. The number of thiophene rings is 1. The third-order valence-electron chi connectivity index (χ3n) is 3.38. The molecule has 0 aliphatic heterocycles. The molecule has 6 heteroatoms. The van der Waals surface area contributed by atoms with Crippen molar-refractivity contribution < 1.29 is 24.2 Å². The number of Topliss-reactive ketones (excluding diaryl/α,β-unsaturated/α-hetero) is 1. The molecule has 1 aromatic heterocycles. The minimum absolute atomic E-state index is 0.0641. The molecule has 1 heterocycles. The molecule has 0 spiro atoms. The van der Waals surface area contributed by atoms with Crippen LogP contribution in [-0.4, -0.2) is 29.2 Å². The summed E-state index contributed by atoms with van der Waals surface area (Å²) < 4.78 is 5.03. The van der Waals surface area contributed by atoms with Gasteiger partial charge in [0.25, 0.3) is 0 Å². The van der Waals surface area contributed by atoms with E-state index >= 15 is 0 Å². The van der Waals surface area contributed by atoms with Crippen LogP contribution in [0.15, 0.2) is 42.2 Å². The molecule has 1 aliphatic rings. The quantitative estimate of drug-likeness (QED) is 0.873. The molecular weight excluding hydrogens is 316 g/mol. The molecule has 0 amide bonds. The van der Waals surface area contributed by atoms with E-state index in [1.807, 2.05) is 0 Å². The van der Waals surface area contributed by atoms with Crippen molar-refractivity contribution in [3.63, 3.8) is 0 Å². The van der Waals surface area contributed by atoms with E-state index in [-0.39, 0.29) is 21.9 Å². The molecule has 23 heavy (non-hydrogen) atoms. The number of aliphatic hydroxyl groups excluding tert-OH is 1. The number of hydrogen-bond acceptors (Lipinski definition) is 6. The van der Waals surface area contributed by atoms with Gasteiger partial charge in [-0.25, -0.2) is 4.79 Å². The van der Waals surface area contributed by atoms with Crippen LogP contribution in [0.25, 0.3) is 11.1 Å². The van der Waals surface area contributed by atoms with Crippen LogP contribution >= 0.6 is 11.3 Å². The van der Waals surface area contributed by atoms with Crippen molar-refractivity contribution in [3.8, 4) is 11.1 Å². The summed E-state index contributed by atoms with van der Waals surface area (Å²) in [7, 11) is 0. The van der Waals surface area contributed by atoms with Crippen LogP contribution in [0.4, 0.5) is 0 Å². The van der Waals surface area contributed by atoms with Crippen molar-refractivity contribution in [1.29, 1.82) is 0 Å². The highest BCUT2D eigenvalue weighted by Crippen LogP contribution is 2.40. The number of fused-ring (bicyclic) bond motifs is 1. The molecule has 0 atom stereocenters. The topological polar surface area (TPSA) is 80.7 Å². The van der Waals surface area contributed by atoms with Crippen LogP contribution < -0.4 is 0 Å². The first-order valence-electron chi connectivity index (χ1n) is 6.93. The molecule has 0 unspecified atom stereocenters. The van der Waals surface area contributed by atoms with Gasteiger partial charge < -0.3 is 9.84 Å². The summed E-state index contributed by atoms with van der Waals surface area (Å²) in [6.45, 7) is 1.86. The van der Waals surface area contributed by atoms with Crippen molar-refractivity contribution >= 4 is 28.9 Å². The van der Waals surface area contributed by atoms with E-state index in [4.69, 9.17) is 4.74 Å². The Hall–Kier alpha value is -2.73. The van der Waals surface area contributed by atoms with Crippen LogP contribution in [-0.2, 0) is 4.74 Å². The average Bonchev–Trinajstić information content (AvgIpc) is 2.95. The molecule has 0 radical (unpaired) electrons. The van der Waals surface area contributed by atoms with Gasteiger partial charge in [0.2, 0.25) is 5.78 Å². The zero-order chi connectivity index (χ0) is 16.6. The van der Waals surface area contributed by atoms with Gasteiger partial charge in [-0.3, -0.25) is 9.59 Å². The van der Waals surface area contributed by atoms with Crippen LogP contribution in [0.3, 0.4) is 0 Å². The number of benzene rings is 1. The zero-order valence-electron chi connectivity index (χ0n) is 12.2. The Labute approximate surface area is 135 Å². The Bertz CT molecular complexity index is 845. The number of carbonyl (C=O) groups excluding carboxylic acids is 3. The summed E-state index contributed by atoms with van der Waals surface area (Å²) in [5, 5.41) is 9.70. The molecule has 3 rings (SSSR count). The molecule has 0 saturated heterocycles. The number of esters is 1. The summed E-state index contributed by atoms with van der Waals surface area (Å²) in [4.78, 5) is 37.0. The lowest BCUT2D eigenvalue weighted by atomic mass is 9.92. The van der Waals surface area contributed by atoms with Gasteiger partial charge in [-0.1, -0.05) is 30.3 Å². The predicted octanol–water partition coefficient (Wildman–Crippen LogP) is 3.41. The smallest absolute Gasteiger partial charge is 0.348 e. The number of rotatable bonds is 3. The van der Waals surface area contributed by atoms with Crippen LogP contribution in [0.2, 0.25) is 0 Å². The van der Waals surface area contributed by atoms with Crippen molar-refractivity contribution in [2.75, 3.05) is 6.61 Å². The number of carbonyl (C=O) groups is 3. The second kappa shape index (κ2) is 5.81. The maximum absolute atomic E-state index is 12.3. The molecule has 1 N–H and O–H groups in total. The summed E-state index contributed by atoms with van der Waals surface area (Å²) >= 11 is 0.918. The van der Waals surface area contributed by atoms with E-state index in [9.17, 15) is 19.5 Å². The molecule has 0 fully saturated rings. The molecular formula is C17H12O5S. The zero-order valence-corrected chi connectivity index (χ0v) is 13.0. The van der Waals surface area contributed by atoms with E-state index in [1.165, 1.54) is 0 Å². The first-order chi connectivity index (χ1) is 11.0. The first-order valence-corrected chi connectivity index (χ1v) is 7.75. The SMILES string of the molecule is CCOC(=O)c1sc2c(c1-c1ccccc1)C(=O)C(O)=CC2=O. The summed E-state index contributed by atoms with van der Waals surface area (Å²) in [6, 6.07) is 8.80. The van der Waals surface area contributed by atoms with Gasteiger partial charge in [-0.2, -0.15) is 0 Å². The number of hydrogen-bond donors (Lipinski definition) is 1. The second-order valence-corrected chi connectivity index (χ2v) is 5.84. The molecule has 1 aliphatic carbocycles. The van der Waals surface area contributed by atoms with E-state index in [0.717, 1.165) is 17.4 Å². The summed E-state index contributed by atoms with van der Waals surface area (Å²) in [5.41, 5.74) is 1.01. The van der Waals surface area contributed by atoms with Crippen LogP contribution in [0.1, 0.15) is 36.6 Å². The van der Waals surface area contributed by atoms with E-state index in [0.29, 0.717) is 11.1 Å². The standard InChI is InChI=1S/C17H12O5S/c1-2-22-17(21)16-12(9-6-4-3-5-7-9)13-14(20)10(18)8-11(19)15(13)23-16/h3-8,18H,2H2,1H3. The van der Waals surface area contributed by atoms with E-state index < -0.39 is 23.3 Å². The van der Waals surface area contributed by atoms with Gasteiger partial charge in [0, 0.05) is 11.6 Å². The number of ketones is 2. The van der Waals surface area contributed by atoms with Gasteiger partial charge in [-0.05, 0) is 12.5 Å². The highest BCUT2D eigenvalue weighted by atomic mass is 32.1. The Morgan fingerprint density at radius 1 is 1.17 bits per heavy atom. The summed E-state index contributed by atoms with van der Waals surface area (Å²) in [5.74, 6) is -2.36. The number of aliphatic hydroxyl groups is 1. The number of allylic oxidation sites excluding steroid dienone is 2. The lowest BCUT2D eigenvalue weighted by molar-refractivity contribution is 0.0533. The van der Waals surface area contributed by atoms with Gasteiger partial charge in [-0.15, -0.1) is 11.3 Å². The van der Waals surface area contributed by atoms with Crippen molar-refractivity contribution in [2.45, 2.75) is 6.92 Å². The fourth-order valence-electron chi connectivity index (χ4n) is 2.43. The molecule has 0 bridgehead atoms. The average molecular weight is 328 g/mol. The lowest BCUT2D eigenvalue weighted by Gasteiger charge is -2.10. The molecule has 2 aromatic rings. The minimum Gasteiger partial charge on any atom is -0.504 e. The Morgan fingerprint density at radius 3 is 2.52 bits per heavy atom. The van der Waals surface area contributed by atoms with Crippen molar-refractivity contribution in [3.05, 3.63) is 57.5 Å². The maximum Gasteiger partial charge on any atom is 0.348 e. The first kappa shape index (κ1) is 15.2. The molecule has 0 saturated carbocycles. The van der Waals surface area contributed by atoms with E-state index in [2.05, 4.69) is 0 Å². The molecule has 1 aromatic carbocycles. The normalized spacial score (nSPS) is 13.5. The van der Waals surface area contributed by atoms with Gasteiger partial charge >= 0.3 is 5.97 Å². The molecule has 116 valence electrons. The van der Waals surface area contributed by atoms with Crippen LogP contribution in [0.5, 0.6) is 0 Å². The van der Waals surface area contributed by atoms with Gasteiger partial charge in [0.15, 0.2) is 11.5 Å². The lowest BCUT2D eigenvalue weighted by Crippen LogP contribution is -2.15. The summed E-state index contributed by atoms with van der Waals surface area (Å²) in [6.07, 6.45) is 0.880. The molecule has 5 nitrogen and oxygen atoms in total. The van der Waals surface area contributed by atoms with Crippen LogP contribution in [0, 0.1) is 0 Å². The Morgan fingerprint density at radius 2 is 1.87 bits per heavy atom. The predicted molar refractivity (Wildman–Crippen MR) is 85.1 cm³/mol. The van der Waals surface area contributed by atoms with E-state index in [1.54, 1.807) is 37.3 Å². The van der Waals surface area contributed by atoms with Crippen molar-refractivity contribution in [1.82, 2.24) is 0 Å². The monoisotopic (exact) mass is 328 g/mol. The second-order valence-electron chi connectivity index (χ2n) is 4.82. The minimum atomic E-state index is -0.662. The fraction of sp³-hybridized carbons (Fsp3) is 0.118. The fourth-order valence-corrected chi connectivity index (χ4v) is 3.55. The maximum atomic E-state index is 12.3. The Balaban J connectivity index is 2.30. The highest BCUT2D eigenvalue weighted by molar-refractivity contribution is 7.17.